The van der Waals surface area contributed by atoms with E-state index < -0.39 is 30.2 Å². The van der Waals surface area contributed by atoms with E-state index in [4.69, 9.17) is 4.74 Å². The van der Waals surface area contributed by atoms with Gasteiger partial charge in [0.2, 0.25) is 5.78 Å². The van der Waals surface area contributed by atoms with Crippen LogP contribution in [0.2, 0.25) is 0 Å². The summed E-state index contributed by atoms with van der Waals surface area (Å²) in [5.74, 6) is -1.47. The lowest BCUT2D eigenvalue weighted by atomic mass is 9.98. The summed E-state index contributed by atoms with van der Waals surface area (Å²) in [6.07, 6.45) is 1.91. The molecule has 0 bridgehead atoms. The zero-order valence-electron chi connectivity index (χ0n) is 15.8. The molecule has 1 aliphatic heterocycles. The Balaban J connectivity index is 1.63. The fourth-order valence-electron chi connectivity index (χ4n) is 3.77. The normalized spacial score (nSPS) is 19.3. The molecule has 3 rings (SSSR count). The maximum Gasteiger partial charge on any atom is 0.326 e. The summed E-state index contributed by atoms with van der Waals surface area (Å²) in [4.78, 5) is 50.4. The Morgan fingerprint density at radius 2 is 1.89 bits per heavy atom. The van der Waals surface area contributed by atoms with E-state index in [1.54, 1.807) is 6.07 Å². The van der Waals surface area contributed by atoms with Crippen LogP contribution >= 0.6 is 0 Å². The third-order valence-corrected chi connectivity index (χ3v) is 5.33. The minimum atomic E-state index is -1.00. The standard InChI is InChI=1S/C20H24N2O5/c1-12-6-7-13(2)15(10-12)17(24)14(3)27-16(23)11-22-18(25)20(21-19(22)26)8-4-5-9-20/h6-7,10,14H,4-5,8-9,11H2,1-3H3,(H,21,26)/t14-/m0/s1. The van der Waals surface area contributed by atoms with Crippen LogP contribution in [0.5, 0.6) is 0 Å². The third-order valence-electron chi connectivity index (χ3n) is 5.33. The summed E-state index contributed by atoms with van der Waals surface area (Å²) in [6.45, 7) is 4.70. The van der Waals surface area contributed by atoms with Gasteiger partial charge in [-0.15, -0.1) is 0 Å². The van der Waals surface area contributed by atoms with E-state index in [1.165, 1.54) is 6.92 Å². The first-order valence-corrected chi connectivity index (χ1v) is 9.18. The predicted molar refractivity (Wildman–Crippen MR) is 97.2 cm³/mol. The highest BCUT2D eigenvalue weighted by atomic mass is 16.5. The second-order valence-electron chi connectivity index (χ2n) is 7.43. The monoisotopic (exact) mass is 372 g/mol. The van der Waals surface area contributed by atoms with Crippen molar-refractivity contribution in [3.63, 3.8) is 0 Å². The Morgan fingerprint density at radius 3 is 2.56 bits per heavy atom. The van der Waals surface area contributed by atoms with Crippen LogP contribution in [0.1, 0.15) is 54.1 Å². The largest absolute Gasteiger partial charge is 0.453 e. The van der Waals surface area contributed by atoms with Gasteiger partial charge >= 0.3 is 12.0 Å². The van der Waals surface area contributed by atoms with Gasteiger partial charge in [-0.1, -0.05) is 30.5 Å². The minimum absolute atomic E-state index is 0.311. The van der Waals surface area contributed by atoms with Crippen molar-refractivity contribution in [3.05, 3.63) is 34.9 Å². The molecule has 0 radical (unpaired) electrons. The lowest BCUT2D eigenvalue weighted by Crippen LogP contribution is -2.44. The second kappa shape index (κ2) is 7.13. The van der Waals surface area contributed by atoms with Gasteiger partial charge in [-0.05, 0) is 45.2 Å². The Labute approximate surface area is 158 Å². The van der Waals surface area contributed by atoms with Crippen LogP contribution in [0, 0.1) is 13.8 Å². The Hall–Kier alpha value is -2.70. The number of aryl methyl sites for hydroxylation is 2. The molecular weight excluding hydrogens is 348 g/mol. The molecular formula is C20H24N2O5. The van der Waals surface area contributed by atoms with Gasteiger partial charge in [0.15, 0.2) is 6.10 Å². The van der Waals surface area contributed by atoms with Crippen molar-refractivity contribution in [1.82, 2.24) is 10.2 Å². The van der Waals surface area contributed by atoms with E-state index in [2.05, 4.69) is 5.32 Å². The minimum Gasteiger partial charge on any atom is -0.453 e. The molecule has 0 unspecified atom stereocenters. The van der Waals surface area contributed by atoms with Gasteiger partial charge in [0, 0.05) is 5.56 Å². The molecule has 1 spiro atoms. The number of esters is 1. The van der Waals surface area contributed by atoms with E-state index in [-0.39, 0.29) is 11.7 Å². The van der Waals surface area contributed by atoms with Gasteiger partial charge < -0.3 is 10.1 Å². The molecule has 1 aromatic rings. The number of hydrogen-bond donors (Lipinski definition) is 1. The number of nitrogens with one attached hydrogen (secondary N) is 1. The van der Waals surface area contributed by atoms with Crippen LogP contribution in [0.25, 0.3) is 0 Å². The number of rotatable bonds is 5. The van der Waals surface area contributed by atoms with Crippen molar-refractivity contribution >= 4 is 23.7 Å². The Kier molecular flexibility index (Phi) is 5.04. The smallest absolute Gasteiger partial charge is 0.326 e. The molecule has 1 aromatic carbocycles. The quantitative estimate of drug-likeness (QED) is 0.486. The van der Waals surface area contributed by atoms with Gasteiger partial charge in [-0.25, -0.2) is 4.79 Å². The molecule has 1 heterocycles. The molecule has 7 heteroatoms. The van der Waals surface area contributed by atoms with Gasteiger partial charge in [0.25, 0.3) is 5.91 Å². The van der Waals surface area contributed by atoms with E-state index >= 15 is 0 Å². The molecule has 1 atom stereocenters. The number of hydrogen-bond acceptors (Lipinski definition) is 5. The first-order valence-electron chi connectivity index (χ1n) is 9.18. The molecule has 1 saturated carbocycles. The Morgan fingerprint density at radius 1 is 1.22 bits per heavy atom. The average molecular weight is 372 g/mol. The highest BCUT2D eigenvalue weighted by molar-refractivity contribution is 6.09. The van der Waals surface area contributed by atoms with Crippen molar-refractivity contribution < 1.29 is 23.9 Å². The summed E-state index contributed by atoms with van der Waals surface area (Å²) >= 11 is 0. The highest BCUT2D eigenvalue weighted by Gasteiger charge is 2.52. The molecule has 27 heavy (non-hydrogen) atoms. The van der Waals surface area contributed by atoms with E-state index in [0.29, 0.717) is 18.4 Å². The number of urea groups is 1. The van der Waals surface area contributed by atoms with Crippen LogP contribution in [0.15, 0.2) is 18.2 Å². The molecule has 1 saturated heterocycles. The SMILES string of the molecule is Cc1ccc(C)c(C(=O)[C@H](C)OC(=O)CN2C(=O)NC3(CCCC3)C2=O)c1. The summed E-state index contributed by atoms with van der Waals surface area (Å²) < 4.78 is 5.21. The molecule has 0 aromatic heterocycles. The molecule has 1 aliphatic carbocycles. The number of ketones is 1. The molecule has 3 amide bonds. The third kappa shape index (κ3) is 3.59. The van der Waals surface area contributed by atoms with Gasteiger partial charge in [-0.3, -0.25) is 19.3 Å². The first kappa shape index (κ1) is 19.1. The number of amides is 3. The summed E-state index contributed by atoms with van der Waals surface area (Å²) in [5.41, 5.74) is 1.36. The summed E-state index contributed by atoms with van der Waals surface area (Å²) in [7, 11) is 0. The molecule has 2 aliphatic rings. The number of imide groups is 1. The van der Waals surface area contributed by atoms with E-state index in [9.17, 15) is 19.2 Å². The van der Waals surface area contributed by atoms with Gasteiger partial charge in [0.05, 0.1) is 0 Å². The summed E-state index contributed by atoms with van der Waals surface area (Å²) in [6, 6.07) is 4.92. The number of nitrogens with zero attached hydrogens (tertiary/aromatic N) is 1. The second-order valence-corrected chi connectivity index (χ2v) is 7.43. The Bertz CT molecular complexity index is 811. The molecule has 1 N–H and O–H groups in total. The van der Waals surface area contributed by atoms with Crippen molar-refractivity contribution in [2.45, 2.75) is 58.1 Å². The van der Waals surface area contributed by atoms with Crippen molar-refractivity contribution in [2.75, 3.05) is 6.54 Å². The summed E-state index contributed by atoms with van der Waals surface area (Å²) in [5, 5.41) is 2.71. The fraction of sp³-hybridized carbons (Fsp3) is 0.500. The number of benzene rings is 1. The van der Waals surface area contributed by atoms with Crippen LogP contribution in [0.3, 0.4) is 0 Å². The topological polar surface area (TPSA) is 92.8 Å². The number of carbonyl (C=O) groups excluding carboxylic acids is 4. The zero-order valence-corrected chi connectivity index (χ0v) is 15.8. The lowest BCUT2D eigenvalue weighted by molar-refractivity contribution is -0.149. The van der Waals surface area contributed by atoms with Crippen molar-refractivity contribution in [2.24, 2.45) is 0 Å². The van der Waals surface area contributed by atoms with Gasteiger partial charge in [0.1, 0.15) is 12.1 Å². The zero-order chi connectivity index (χ0) is 19.8. The molecule has 144 valence electrons. The highest BCUT2D eigenvalue weighted by Crippen LogP contribution is 2.34. The average Bonchev–Trinajstić information content (AvgIpc) is 3.17. The van der Waals surface area contributed by atoms with Crippen LogP contribution < -0.4 is 5.32 Å². The van der Waals surface area contributed by atoms with E-state index in [0.717, 1.165) is 28.9 Å². The van der Waals surface area contributed by atoms with Crippen LogP contribution in [-0.4, -0.2) is 46.8 Å². The molecule has 7 nitrogen and oxygen atoms in total. The number of ether oxygens (including phenoxy) is 1. The van der Waals surface area contributed by atoms with Crippen molar-refractivity contribution in [3.8, 4) is 0 Å². The van der Waals surface area contributed by atoms with Crippen LogP contribution in [-0.2, 0) is 14.3 Å². The van der Waals surface area contributed by atoms with Gasteiger partial charge in [-0.2, -0.15) is 0 Å². The number of carbonyl (C=O) groups is 4. The molecule has 2 fully saturated rings. The predicted octanol–water partition coefficient (Wildman–Crippen LogP) is 2.28. The van der Waals surface area contributed by atoms with E-state index in [1.807, 2.05) is 26.0 Å². The lowest BCUT2D eigenvalue weighted by Gasteiger charge is -2.20. The fourth-order valence-corrected chi connectivity index (χ4v) is 3.77. The van der Waals surface area contributed by atoms with Crippen LogP contribution in [0.4, 0.5) is 4.79 Å². The maximum atomic E-state index is 12.6. The first-order chi connectivity index (χ1) is 12.7. The maximum absolute atomic E-state index is 12.6. The number of Topliss-reactive ketones (excluding diaryl/α,β-unsaturated/α-hetero) is 1. The van der Waals surface area contributed by atoms with Crippen molar-refractivity contribution in [1.29, 1.82) is 0 Å².